The van der Waals surface area contributed by atoms with Crippen molar-refractivity contribution < 1.29 is 13.2 Å². The highest BCUT2D eigenvalue weighted by Gasteiger charge is 2.29. The van der Waals surface area contributed by atoms with Crippen molar-refractivity contribution in [3.63, 3.8) is 0 Å². The molecule has 0 spiro atoms. The number of piperazine rings is 1. The molecule has 1 amide bonds. The second kappa shape index (κ2) is 8.18. The number of nitrogens with zero attached hydrogens (tertiary/aromatic N) is 4. The Morgan fingerprint density at radius 1 is 1.18 bits per heavy atom. The highest BCUT2D eigenvalue weighted by molar-refractivity contribution is 9.10. The van der Waals surface area contributed by atoms with Gasteiger partial charge in [-0.2, -0.15) is 9.40 Å². The monoisotopic (exact) mass is 466 g/mol. The summed E-state index contributed by atoms with van der Waals surface area (Å²) >= 11 is 3.31. The summed E-state index contributed by atoms with van der Waals surface area (Å²) in [6.45, 7) is 5.14. The summed E-state index contributed by atoms with van der Waals surface area (Å²) in [5, 5.41) is 4.34. The molecule has 0 saturated carbocycles. The van der Waals surface area contributed by atoms with Crippen LogP contribution in [0.15, 0.2) is 39.7 Å². The van der Waals surface area contributed by atoms with Gasteiger partial charge in [0.1, 0.15) is 0 Å². The first-order chi connectivity index (χ1) is 13.2. The fourth-order valence-corrected chi connectivity index (χ4v) is 5.24. The molecule has 2 aromatic rings. The molecule has 3 rings (SSSR count). The van der Waals surface area contributed by atoms with Gasteiger partial charge in [0, 0.05) is 55.0 Å². The van der Waals surface area contributed by atoms with E-state index in [1.807, 2.05) is 20.9 Å². The Morgan fingerprint density at radius 2 is 1.86 bits per heavy atom. The molecule has 1 aromatic carbocycles. The smallest absolute Gasteiger partial charge is 0.246 e. The normalized spacial score (nSPS) is 16.1. The molecule has 0 unspecified atom stereocenters. The minimum Gasteiger partial charge on any atom is -0.337 e. The predicted octanol–water partition coefficient (Wildman–Crippen LogP) is 2.35. The summed E-state index contributed by atoms with van der Waals surface area (Å²) in [7, 11) is -1.69. The highest BCUT2D eigenvalue weighted by atomic mass is 79.9. The van der Waals surface area contributed by atoms with Gasteiger partial charge in [0.05, 0.1) is 10.6 Å². The average molecular weight is 467 g/mol. The Hall–Kier alpha value is -1.97. The quantitative estimate of drug-likeness (QED) is 0.648. The number of hydrogen-bond donors (Lipinski definition) is 0. The minimum atomic E-state index is -3.56. The molecule has 0 radical (unpaired) electrons. The van der Waals surface area contributed by atoms with Gasteiger partial charge in [0.15, 0.2) is 0 Å². The third kappa shape index (κ3) is 4.21. The van der Waals surface area contributed by atoms with Crippen LogP contribution in [0.25, 0.3) is 6.08 Å². The van der Waals surface area contributed by atoms with Crippen molar-refractivity contribution in [3.8, 4) is 0 Å². The van der Waals surface area contributed by atoms with E-state index in [1.54, 1.807) is 39.9 Å². The number of sulfonamides is 1. The van der Waals surface area contributed by atoms with Crippen molar-refractivity contribution in [2.45, 2.75) is 18.7 Å². The van der Waals surface area contributed by atoms with E-state index in [9.17, 15) is 13.2 Å². The van der Waals surface area contributed by atoms with Crippen molar-refractivity contribution in [1.29, 1.82) is 0 Å². The number of amides is 1. The molecule has 9 heteroatoms. The first kappa shape index (κ1) is 20.8. The van der Waals surface area contributed by atoms with Crippen molar-refractivity contribution in [3.05, 3.63) is 51.8 Å². The van der Waals surface area contributed by atoms with Crippen LogP contribution in [0, 0.1) is 13.8 Å². The fraction of sp³-hybridized carbons (Fsp3) is 0.368. The molecule has 1 aromatic heterocycles. The Balaban J connectivity index is 1.65. The molecule has 2 heterocycles. The first-order valence-electron chi connectivity index (χ1n) is 8.93. The van der Waals surface area contributed by atoms with Crippen LogP contribution in [-0.2, 0) is 21.9 Å². The summed E-state index contributed by atoms with van der Waals surface area (Å²) in [4.78, 5) is 14.4. The van der Waals surface area contributed by atoms with E-state index in [0.29, 0.717) is 17.6 Å². The van der Waals surface area contributed by atoms with Crippen LogP contribution >= 0.6 is 15.9 Å². The lowest BCUT2D eigenvalue weighted by Gasteiger charge is -2.33. The molecule has 7 nitrogen and oxygen atoms in total. The van der Waals surface area contributed by atoms with E-state index in [0.717, 1.165) is 17.0 Å². The van der Waals surface area contributed by atoms with Crippen molar-refractivity contribution in [1.82, 2.24) is 19.0 Å². The number of aromatic nitrogens is 2. The van der Waals surface area contributed by atoms with Crippen LogP contribution < -0.4 is 0 Å². The van der Waals surface area contributed by atoms with Gasteiger partial charge >= 0.3 is 0 Å². The Labute approximate surface area is 173 Å². The lowest BCUT2D eigenvalue weighted by molar-refractivity contribution is -0.127. The molecule has 150 valence electrons. The maximum atomic E-state index is 12.8. The van der Waals surface area contributed by atoms with E-state index in [-0.39, 0.29) is 23.9 Å². The fourth-order valence-electron chi connectivity index (χ4n) is 3.22. The third-order valence-electron chi connectivity index (χ3n) is 4.94. The predicted molar refractivity (Wildman–Crippen MR) is 111 cm³/mol. The average Bonchev–Trinajstić information content (AvgIpc) is 2.91. The number of benzene rings is 1. The summed E-state index contributed by atoms with van der Waals surface area (Å²) in [6.07, 6.45) is 3.32. The molecule has 1 saturated heterocycles. The van der Waals surface area contributed by atoms with E-state index < -0.39 is 10.0 Å². The van der Waals surface area contributed by atoms with Gasteiger partial charge in [-0.25, -0.2) is 8.42 Å². The van der Waals surface area contributed by atoms with E-state index in [1.165, 1.54) is 10.4 Å². The highest BCUT2D eigenvalue weighted by Crippen LogP contribution is 2.21. The van der Waals surface area contributed by atoms with E-state index in [2.05, 4.69) is 21.0 Å². The van der Waals surface area contributed by atoms with Gasteiger partial charge in [-0.15, -0.1) is 0 Å². The van der Waals surface area contributed by atoms with Crippen LogP contribution in [0.5, 0.6) is 0 Å². The molecule has 0 atom stereocenters. The van der Waals surface area contributed by atoms with E-state index in [4.69, 9.17) is 0 Å². The SMILES string of the molecule is Cc1nn(C)c(C)c1C=CC(=O)N1CCN(S(=O)(=O)c2cccc(Br)c2)CC1. The second-order valence-corrected chi connectivity index (χ2v) is 9.58. The summed E-state index contributed by atoms with van der Waals surface area (Å²) in [5.74, 6) is -0.123. The molecule has 28 heavy (non-hydrogen) atoms. The summed E-state index contributed by atoms with van der Waals surface area (Å²) in [6, 6.07) is 6.66. The third-order valence-corrected chi connectivity index (χ3v) is 7.33. The van der Waals surface area contributed by atoms with Crippen LogP contribution in [-0.4, -0.2) is 59.5 Å². The van der Waals surface area contributed by atoms with Gasteiger partial charge in [-0.1, -0.05) is 22.0 Å². The van der Waals surface area contributed by atoms with Crippen molar-refractivity contribution in [2.24, 2.45) is 7.05 Å². The number of hydrogen-bond acceptors (Lipinski definition) is 4. The lowest BCUT2D eigenvalue weighted by atomic mass is 10.2. The molecule has 1 aliphatic rings. The second-order valence-electron chi connectivity index (χ2n) is 6.73. The maximum Gasteiger partial charge on any atom is 0.246 e. The van der Waals surface area contributed by atoms with Crippen LogP contribution in [0.2, 0.25) is 0 Å². The number of carbonyl (C=O) groups excluding carboxylic acids is 1. The Kier molecular flexibility index (Phi) is 6.07. The number of aryl methyl sites for hydroxylation is 2. The van der Waals surface area contributed by atoms with Crippen molar-refractivity contribution in [2.75, 3.05) is 26.2 Å². The molecule has 1 aliphatic heterocycles. The summed E-state index contributed by atoms with van der Waals surface area (Å²) < 4.78 is 29.5. The zero-order valence-corrected chi connectivity index (χ0v) is 18.5. The first-order valence-corrected chi connectivity index (χ1v) is 11.2. The zero-order valence-electron chi connectivity index (χ0n) is 16.1. The maximum absolute atomic E-state index is 12.8. The van der Waals surface area contributed by atoms with Gasteiger partial charge in [-0.05, 0) is 38.1 Å². The van der Waals surface area contributed by atoms with Crippen LogP contribution in [0.1, 0.15) is 17.0 Å². The van der Waals surface area contributed by atoms with E-state index >= 15 is 0 Å². The lowest BCUT2D eigenvalue weighted by Crippen LogP contribution is -2.50. The number of halogens is 1. The van der Waals surface area contributed by atoms with Gasteiger partial charge in [0.2, 0.25) is 15.9 Å². The van der Waals surface area contributed by atoms with Gasteiger partial charge < -0.3 is 4.90 Å². The van der Waals surface area contributed by atoms with Crippen LogP contribution in [0.4, 0.5) is 0 Å². The molecular weight excluding hydrogens is 444 g/mol. The summed E-state index contributed by atoms with van der Waals surface area (Å²) in [5.41, 5.74) is 2.80. The zero-order chi connectivity index (χ0) is 20.5. The minimum absolute atomic E-state index is 0.123. The molecular formula is C19H23BrN4O3S. The Morgan fingerprint density at radius 3 is 2.43 bits per heavy atom. The molecule has 1 fully saturated rings. The number of carbonyl (C=O) groups is 1. The topological polar surface area (TPSA) is 75.5 Å². The molecule has 0 bridgehead atoms. The van der Waals surface area contributed by atoms with Crippen molar-refractivity contribution >= 4 is 37.9 Å². The number of rotatable bonds is 4. The standard InChI is InChI=1S/C19H23BrN4O3S/c1-14-18(15(2)22(3)21-14)7-8-19(25)23-9-11-24(12-10-23)28(26,27)17-6-4-5-16(20)13-17/h4-8,13H,9-12H2,1-3H3. The molecule has 0 N–H and O–H groups in total. The Bertz CT molecular complexity index is 1020. The van der Waals surface area contributed by atoms with Crippen LogP contribution in [0.3, 0.4) is 0 Å². The van der Waals surface area contributed by atoms with Gasteiger partial charge in [-0.3, -0.25) is 9.48 Å². The van der Waals surface area contributed by atoms with Gasteiger partial charge in [0.25, 0.3) is 0 Å². The largest absolute Gasteiger partial charge is 0.337 e. The molecule has 0 aliphatic carbocycles.